The molecule has 6 nitrogen and oxygen atoms in total. The maximum absolute atomic E-state index is 12.4. The van der Waals surface area contributed by atoms with Crippen molar-refractivity contribution >= 4 is 11.9 Å². The van der Waals surface area contributed by atoms with Gasteiger partial charge in [0.2, 0.25) is 5.91 Å². The van der Waals surface area contributed by atoms with Crippen molar-refractivity contribution in [2.45, 2.75) is 231 Å². The number of amides is 1. The lowest BCUT2D eigenvalue weighted by atomic mass is 10.0. The predicted octanol–water partition coefficient (Wildman–Crippen LogP) is 12.6. The number of esters is 1. The summed E-state index contributed by atoms with van der Waals surface area (Å²) in [4.78, 5) is 24.3. The minimum atomic E-state index is -0.694. The first kappa shape index (κ1) is 50.1. The van der Waals surface area contributed by atoms with Crippen LogP contribution in [-0.2, 0) is 14.3 Å². The van der Waals surface area contributed by atoms with Gasteiger partial charge in [0.15, 0.2) is 0 Å². The monoisotopic (exact) mass is 732 g/mol. The number of allylic oxidation sites excluding steroid dienone is 6. The number of nitrogens with one attached hydrogen (secondary N) is 1. The number of carbonyl (C=O) groups is 2. The molecule has 0 aliphatic carbocycles. The Morgan fingerprint density at radius 3 is 1.56 bits per heavy atom. The summed E-state index contributed by atoms with van der Waals surface area (Å²) in [5, 5.41) is 23.0. The molecule has 0 saturated heterocycles. The molecule has 0 aliphatic rings. The summed E-state index contributed by atoms with van der Waals surface area (Å²) in [6.07, 6.45) is 48.2. The third-order valence-corrected chi connectivity index (χ3v) is 9.91. The van der Waals surface area contributed by atoms with Crippen LogP contribution < -0.4 is 5.32 Å². The van der Waals surface area contributed by atoms with Gasteiger partial charge in [-0.25, -0.2) is 0 Å². The SMILES string of the molecule is CCCCC/C=C\C/C=C\CCCCCCCC(=O)OCCCCCC/C=C\CCCC(=O)NC(CO)C(O)CCCCCCCCCCCCC. The van der Waals surface area contributed by atoms with Gasteiger partial charge in [-0.1, -0.05) is 166 Å². The van der Waals surface area contributed by atoms with Crippen LogP contribution in [0.3, 0.4) is 0 Å². The molecular formula is C46H85NO5. The first-order chi connectivity index (χ1) is 25.5. The topological polar surface area (TPSA) is 95.9 Å². The number of carbonyl (C=O) groups excluding carboxylic acids is 2. The zero-order valence-electron chi connectivity index (χ0n) is 34.3. The van der Waals surface area contributed by atoms with Crippen molar-refractivity contribution in [2.24, 2.45) is 0 Å². The van der Waals surface area contributed by atoms with Gasteiger partial charge in [0.25, 0.3) is 0 Å². The van der Waals surface area contributed by atoms with Gasteiger partial charge in [-0.15, -0.1) is 0 Å². The number of aliphatic hydroxyl groups excluding tert-OH is 2. The highest BCUT2D eigenvalue weighted by molar-refractivity contribution is 5.76. The molecule has 0 bridgehead atoms. The Hall–Kier alpha value is -1.92. The maximum Gasteiger partial charge on any atom is 0.305 e. The van der Waals surface area contributed by atoms with Crippen LogP contribution >= 0.6 is 0 Å². The summed E-state index contributed by atoms with van der Waals surface area (Å²) in [7, 11) is 0. The van der Waals surface area contributed by atoms with Crippen LogP contribution in [0.4, 0.5) is 0 Å². The van der Waals surface area contributed by atoms with Gasteiger partial charge in [0.1, 0.15) is 0 Å². The number of ether oxygens (including phenoxy) is 1. The van der Waals surface area contributed by atoms with E-state index in [1.165, 1.54) is 103 Å². The van der Waals surface area contributed by atoms with E-state index in [4.69, 9.17) is 4.74 Å². The standard InChI is InChI=1S/C46H85NO5/c1-3-5-7-9-11-13-15-16-17-18-20-24-28-32-36-40-46(51)52-41-37-33-29-25-21-23-27-31-35-39-45(50)47-43(42-48)44(49)38-34-30-26-22-19-14-12-10-8-6-4-2/h11,13,16-17,23,27,43-44,48-49H,3-10,12,14-15,18-22,24-26,28-42H2,1-2H3,(H,47,50)/b13-11-,17-16-,27-23-. The van der Waals surface area contributed by atoms with Gasteiger partial charge in [-0.2, -0.15) is 0 Å². The molecule has 0 radical (unpaired) electrons. The van der Waals surface area contributed by atoms with Crippen LogP contribution in [0.5, 0.6) is 0 Å². The summed E-state index contributed by atoms with van der Waals surface area (Å²) in [6, 6.07) is -0.578. The Balaban J connectivity index is 3.57. The fourth-order valence-electron chi connectivity index (χ4n) is 6.43. The van der Waals surface area contributed by atoms with E-state index < -0.39 is 12.1 Å². The minimum Gasteiger partial charge on any atom is -0.466 e. The second-order valence-electron chi connectivity index (χ2n) is 15.0. The molecule has 0 aromatic carbocycles. The third kappa shape index (κ3) is 37.8. The van der Waals surface area contributed by atoms with E-state index in [-0.39, 0.29) is 18.5 Å². The average Bonchev–Trinajstić information content (AvgIpc) is 3.14. The lowest BCUT2D eigenvalue weighted by Crippen LogP contribution is -2.45. The smallest absolute Gasteiger partial charge is 0.305 e. The van der Waals surface area contributed by atoms with Gasteiger partial charge < -0.3 is 20.3 Å². The van der Waals surface area contributed by atoms with Crippen LogP contribution in [-0.4, -0.2) is 47.4 Å². The van der Waals surface area contributed by atoms with Crippen molar-refractivity contribution in [1.82, 2.24) is 5.32 Å². The van der Waals surface area contributed by atoms with E-state index in [9.17, 15) is 19.8 Å². The fraction of sp³-hybridized carbons (Fsp3) is 0.826. The summed E-state index contributed by atoms with van der Waals surface area (Å²) in [6.45, 7) is 4.80. The van der Waals surface area contributed by atoms with Gasteiger partial charge in [0, 0.05) is 12.8 Å². The quantitative estimate of drug-likeness (QED) is 0.0331. The molecule has 0 spiro atoms. The highest BCUT2D eigenvalue weighted by atomic mass is 16.5. The van der Waals surface area contributed by atoms with Gasteiger partial charge >= 0.3 is 5.97 Å². The number of hydrogen-bond acceptors (Lipinski definition) is 5. The van der Waals surface area contributed by atoms with E-state index in [1.54, 1.807) is 0 Å². The van der Waals surface area contributed by atoms with Crippen LogP contribution in [0.25, 0.3) is 0 Å². The predicted molar refractivity (Wildman–Crippen MR) is 222 cm³/mol. The van der Waals surface area contributed by atoms with Gasteiger partial charge in [0.05, 0.1) is 25.4 Å². The molecule has 304 valence electrons. The number of rotatable bonds is 40. The Kier molecular flexibility index (Phi) is 40.3. The Bertz CT molecular complexity index is 854. The summed E-state index contributed by atoms with van der Waals surface area (Å²) >= 11 is 0. The first-order valence-electron chi connectivity index (χ1n) is 22.2. The molecule has 1 amide bonds. The van der Waals surface area contributed by atoms with Crippen molar-refractivity contribution in [3.63, 3.8) is 0 Å². The van der Waals surface area contributed by atoms with E-state index in [1.807, 2.05) is 0 Å². The summed E-state index contributed by atoms with van der Waals surface area (Å²) < 4.78 is 5.42. The Morgan fingerprint density at radius 2 is 0.981 bits per heavy atom. The highest BCUT2D eigenvalue weighted by Crippen LogP contribution is 2.14. The van der Waals surface area contributed by atoms with E-state index in [0.717, 1.165) is 83.5 Å². The second-order valence-corrected chi connectivity index (χ2v) is 15.0. The second kappa shape index (κ2) is 41.8. The summed E-state index contributed by atoms with van der Waals surface area (Å²) in [5.41, 5.74) is 0. The fourth-order valence-corrected chi connectivity index (χ4v) is 6.43. The van der Waals surface area contributed by atoms with Crippen molar-refractivity contribution in [1.29, 1.82) is 0 Å². The molecule has 6 heteroatoms. The lowest BCUT2D eigenvalue weighted by molar-refractivity contribution is -0.143. The van der Waals surface area contributed by atoms with Crippen molar-refractivity contribution in [2.75, 3.05) is 13.2 Å². The van der Waals surface area contributed by atoms with Crippen LogP contribution in [0, 0.1) is 0 Å². The minimum absolute atomic E-state index is 0.0510. The maximum atomic E-state index is 12.4. The molecule has 3 N–H and O–H groups in total. The number of hydrogen-bond donors (Lipinski definition) is 3. The molecule has 0 saturated carbocycles. The number of aliphatic hydroxyl groups is 2. The molecule has 0 aromatic heterocycles. The zero-order chi connectivity index (χ0) is 38.0. The normalized spacial score (nSPS) is 13.1. The number of unbranched alkanes of at least 4 members (excludes halogenated alkanes) is 23. The highest BCUT2D eigenvalue weighted by Gasteiger charge is 2.19. The van der Waals surface area contributed by atoms with E-state index in [2.05, 4.69) is 55.6 Å². The molecule has 0 rings (SSSR count). The van der Waals surface area contributed by atoms with Crippen LogP contribution in [0.1, 0.15) is 219 Å². The van der Waals surface area contributed by atoms with Crippen molar-refractivity contribution in [3.8, 4) is 0 Å². The molecule has 0 fully saturated rings. The third-order valence-electron chi connectivity index (χ3n) is 9.91. The zero-order valence-corrected chi connectivity index (χ0v) is 34.3. The molecule has 0 aromatic rings. The van der Waals surface area contributed by atoms with Gasteiger partial charge in [-0.05, 0) is 77.0 Å². The van der Waals surface area contributed by atoms with Crippen LogP contribution in [0.15, 0.2) is 36.5 Å². The summed E-state index contributed by atoms with van der Waals surface area (Å²) in [5.74, 6) is -0.151. The Morgan fingerprint density at radius 1 is 0.538 bits per heavy atom. The van der Waals surface area contributed by atoms with E-state index in [0.29, 0.717) is 25.9 Å². The largest absolute Gasteiger partial charge is 0.466 e. The van der Waals surface area contributed by atoms with Crippen LogP contribution in [0.2, 0.25) is 0 Å². The molecule has 2 unspecified atom stereocenters. The van der Waals surface area contributed by atoms with Gasteiger partial charge in [-0.3, -0.25) is 9.59 Å². The molecule has 0 heterocycles. The molecule has 0 aliphatic heterocycles. The average molecular weight is 732 g/mol. The van der Waals surface area contributed by atoms with Crippen molar-refractivity contribution in [3.05, 3.63) is 36.5 Å². The Labute approximate surface area is 322 Å². The molecular weight excluding hydrogens is 647 g/mol. The first-order valence-corrected chi connectivity index (χ1v) is 22.2. The molecule has 2 atom stereocenters. The van der Waals surface area contributed by atoms with E-state index >= 15 is 0 Å². The lowest BCUT2D eigenvalue weighted by Gasteiger charge is -2.22. The molecule has 52 heavy (non-hydrogen) atoms. The van der Waals surface area contributed by atoms with Crippen molar-refractivity contribution < 1.29 is 24.5 Å².